The van der Waals surface area contributed by atoms with Crippen LogP contribution in [0.3, 0.4) is 0 Å². The minimum Gasteiger partial charge on any atom is -0.871 e. The van der Waals surface area contributed by atoms with Crippen LogP contribution in [0.1, 0.15) is 0 Å². The van der Waals surface area contributed by atoms with Crippen LogP contribution >= 0.6 is 0 Å². The maximum Gasteiger partial charge on any atom is 1.00 e. The van der Waals surface area contributed by atoms with E-state index in [2.05, 4.69) is 10.2 Å². The summed E-state index contributed by atoms with van der Waals surface area (Å²) in [6.45, 7) is 0. The summed E-state index contributed by atoms with van der Waals surface area (Å²) < 4.78 is 32.6. The number of azo groups is 1. The average molecular weight is 372 g/mol. The number of nitrogens with zero attached hydrogens (tertiary/aromatic N) is 2. The van der Waals surface area contributed by atoms with Gasteiger partial charge >= 0.3 is 59.1 Å². The minimum absolute atomic E-state index is 0. The van der Waals surface area contributed by atoms with E-state index >= 15 is 0 Å². The first-order valence-corrected chi connectivity index (χ1v) is 8.02. The van der Waals surface area contributed by atoms with Crippen LogP contribution in [0.5, 0.6) is 5.75 Å². The molecule has 0 fully saturated rings. The van der Waals surface area contributed by atoms with Gasteiger partial charge in [0.2, 0.25) is 0 Å². The van der Waals surface area contributed by atoms with Crippen LogP contribution in [0.2, 0.25) is 0 Å². The molecule has 0 saturated carbocycles. The number of hydrogen-bond donors (Lipinski definition) is 0. The number of benzene rings is 3. The SMILES string of the molecule is O=S(=O)([O-])c1ccc(N=Nc2c([O-])ccc3ccccc23)cc1.[Na+].[Na+]. The minimum atomic E-state index is -4.49. The summed E-state index contributed by atoms with van der Waals surface area (Å²) in [6, 6.07) is 15.4. The Kier molecular flexibility index (Phi) is 8.24. The average Bonchev–Trinajstić information content (AvgIpc) is 2.53. The van der Waals surface area contributed by atoms with Crippen molar-refractivity contribution >= 4 is 32.3 Å². The van der Waals surface area contributed by atoms with E-state index in [1.54, 1.807) is 18.2 Å². The van der Waals surface area contributed by atoms with E-state index in [1.165, 1.54) is 18.2 Å². The van der Waals surface area contributed by atoms with Crippen molar-refractivity contribution in [1.82, 2.24) is 0 Å². The molecule has 9 heteroatoms. The third-order valence-electron chi connectivity index (χ3n) is 3.25. The molecule has 0 bridgehead atoms. The van der Waals surface area contributed by atoms with E-state index < -0.39 is 10.1 Å². The third kappa shape index (κ3) is 5.35. The van der Waals surface area contributed by atoms with Gasteiger partial charge in [0.1, 0.15) is 10.1 Å². The third-order valence-corrected chi connectivity index (χ3v) is 4.10. The van der Waals surface area contributed by atoms with Gasteiger partial charge in [-0.25, -0.2) is 8.42 Å². The first kappa shape index (κ1) is 22.3. The Morgan fingerprint density at radius 2 is 1.44 bits per heavy atom. The van der Waals surface area contributed by atoms with Crippen LogP contribution in [-0.2, 0) is 10.1 Å². The fourth-order valence-corrected chi connectivity index (χ4v) is 2.59. The van der Waals surface area contributed by atoms with E-state index in [9.17, 15) is 18.1 Å². The van der Waals surface area contributed by atoms with Gasteiger partial charge in [-0.05, 0) is 29.7 Å². The summed E-state index contributed by atoms with van der Waals surface area (Å²) in [6.07, 6.45) is 0. The summed E-state index contributed by atoms with van der Waals surface area (Å²) in [4.78, 5) is -0.342. The molecule has 3 aromatic carbocycles. The molecule has 3 aromatic rings. The van der Waals surface area contributed by atoms with Crippen molar-refractivity contribution in [3.05, 3.63) is 60.7 Å². The normalized spacial score (nSPS) is 11.1. The van der Waals surface area contributed by atoms with Crippen LogP contribution < -0.4 is 64.2 Å². The van der Waals surface area contributed by atoms with Crippen LogP contribution in [0.15, 0.2) is 75.8 Å². The second kappa shape index (κ2) is 9.25. The molecule has 25 heavy (non-hydrogen) atoms. The van der Waals surface area contributed by atoms with Crippen LogP contribution in [0.25, 0.3) is 10.8 Å². The molecular weight excluding hydrogens is 362 g/mol. The molecule has 0 aliphatic carbocycles. The summed E-state index contributed by atoms with van der Waals surface area (Å²) in [5.74, 6) is -0.258. The van der Waals surface area contributed by atoms with Crippen LogP contribution in [-0.4, -0.2) is 13.0 Å². The van der Waals surface area contributed by atoms with E-state index in [-0.39, 0.29) is 75.4 Å². The van der Waals surface area contributed by atoms with Crippen molar-refractivity contribution in [2.75, 3.05) is 0 Å². The van der Waals surface area contributed by atoms with Crippen LogP contribution in [0.4, 0.5) is 11.4 Å². The molecular formula is C16H10N2Na2O4S. The predicted octanol–water partition coefficient (Wildman–Crippen LogP) is -2.76. The first-order chi connectivity index (χ1) is 10.9. The zero-order valence-electron chi connectivity index (χ0n) is 13.7. The number of fused-ring (bicyclic) bond motifs is 1. The molecule has 0 atom stereocenters. The summed E-state index contributed by atoms with van der Waals surface area (Å²) in [5.41, 5.74) is 0.549. The van der Waals surface area contributed by atoms with Gasteiger partial charge in [0.25, 0.3) is 0 Å². The van der Waals surface area contributed by atoms with Gasteiger partial charge in [0.05, 0.1) is 16.3 Å². The van der Waals surface area contributed by atoms with Crippen molar-refractivity contribution in [1.29, 1.82) is 0 Å². The maximum absolute atomic E-state index is 12.0. The van der Waals surface area contributed by atoms with Crippen molar-refractivity contribution in [2.45, 2.75) is 4.90 Å². The Bertz CT molecular complexity index is 1010. The number of hydrogen-bond acceptors (Lipinski definition) is 6. The summed E-state index contributed by atoms with van der Waals surface area (Å²) in [7, 11) is -4.49. The zero-order valence-corrected chi connectivity index (χ0v) is 18.5. The van der Waals surface area contributed by atoms with Crippen LogP contribution in [0, 0.1) is 0 Å². The smallest absolute Gasteiger partial charge is 0.871 e. The zero-order chi connectivity index (χ0) is 16.4. The Morgan fingerprint density at radius 1 is 0.800 bits per heavy atom. The molecule has 0 amide bonds. The fourth-order valence-electron chi connectivity index (χ4n) is 2.13. The molecule has 0 N–H and O–H groups in total. The van der Waals surface area contributed by atoms with Crippen molar-refractivity contribution in [3.8, 4) is 5.75 Å². The topological polar surface area (TPSA) is 105 Å². The fraction of sp³-hybridized carbons (Fsp3) is 0. The molecule has 0 aliphatic rings. The van der Waals surface area contributed by atoms with Gasteiger partial charge < -0.3 is 9.66 Å². The molecule has 0 aromatic heterocycles. The maximum atomic E-state index is 12.0. The van der Waals surface area contributed by atoms with Crippen molar-refractivity contribution < 1.29 is 77.2 Å². The summed E-state index contributed by atoms with van der Waals surface area (Å²) >= 11 is 0. The summed E-state index contributed by atoms with van der Waals surface area (Å²) in [5, 5.41) is 21.4. The number of rotatable bonds is 3. The molecule has 6 nitrogen and oxygen atoms in total. The van der Waals surface area contributed by atoms with Crippen molar-refractivity contribution in [3.63, 3.8) is 0 Å². The second-order valence-corrected chi connectivity index (χ2v) is 6.16. The molecule has 116 valence electrons. The van der Waals surface area contributed by atoms with E-state index in [0.29, 0.717) is 11.1 Å². The largest absolute Gasteiger partial charge is 1.00 e. The quantitative estimate of drug-likeness (QED) is 0.282. The first-order valence-electron chi connectivity index (χ1n) is 6.61. The second-order valence-electron chi connectivity index (χ2n) is 4.78. The Hall–Kier alpha value is -0.770. The molecule has 0 heterocycles. The van der Waals surface area contributed by atoms with Gasteiger partial charge in [-0.3, -0.25) is 0 Å². The van der Waals surface area contributed by atoms with E-state index in [1.807, 2.05) is 12.1 Å². The van der Waals surface area contributed by atoms with E-state index in [0.717, 1.165) is 17.5 Å². The molecule has 3 rings (SSSR count). The van der Waals surface area contributed by atoms with Gasteiger partial charge in [-0.2, -0.15) is 10.2 Å². The molecule has 0 radical (unpaired) electrons. The molecule has 0 saturated heterocycles. The predicted molar refractivity (Wildman–Crippen MR) is 82.0 cm³/mol. The Labute approximate surface area is 189 Å². The monoisotopic (exact) mass is 372 g/mol. The molecule has 0 unspecified atom stereocenters. The van der Waals surface area contributed by atoms with Gasteiger partial charge in [-0.15, -0.1) is 0 Å². The van der Waals surface area contributed by atoms with Gasteiger partial charge in [0.15, 0.2) is 0 Å². The molecule has 0 aliphatic heterocycles. The van der Waals surface area contributed by atoms with Gasteiger partial charge in [0, 0.05) is 5.39 Å². The standard InChI is InChI=1S/C16H12N2O4S.2Na/c19-15-10-5-11-3-1-2-4-14(11)16(15)18-17-12-6-8-13(9-7-12)23(20,21)22;;/h1-10,19H,(H,20,21,22);;/q;2*+1/p-2. The Morgan fingerprint density at radius 3 is 2.08 bits per heavy atom. The molecule has 0 spiro atoms. The van der Waals surface area contributed by atoms with E-state index in [4.69, 9.17) is 0 Å². The van der Waals surface area contributed by atoms with Crippen molar-refractivity contribution in [2.24, 2.45) is 10.2 Å². The van der Waals surface area contributed by atoms with Gasteiger partial charge in [-0.1, -0.05) is 42.1 Å². The Balaban J connectivity index is 0.00000156.